The molecule has 2 aromatic heterocycles. The van der Waals surface area contributed by atoms with E-state index in [2.05, 4.69) is 28.7 Å². The first-order valence-electron chi connectivity index (χ1n) is 6.71. The Morgan fingerprint density at radius 3 is 3.10 bits per heavy atom. The topological polar surface area (TPSA) is 38.1 Å². The van der Waals surface area contributed by atoms with Gasteiger partial charge in [0.1, 0.15) is 0 Å². The molecule has 5 heteroatoms. The summed E-state index contributed by atoms with van der Waals surface area (Å²) in [4.78, 5) is 18.6. The minimum Gasteiger partial charge on any atom is -0.348 e. The minimum absolute atomic E-state index is 0.0515. The van der Waals surface area contributed by atoms with Crippen molar-refractivity contribution >= 4 is 23.3 Å². The quantitative estimate of drug-likeness (QED) is 0.797. The number of aromatic nitrogens is 2. The van der Waals surface area contributed by atoms with E-state index < -0.39 is 0 Å². The first-order valence-corrected chi connectivity index (χ1v) is 7.59. The van der Waals surface area contributed by atoms with Gasteiger partial charge in [0.05, 0.1) is 16.7 Å². The van der Waals surface area contributed by atoms with Gasteiger partial charge in [-0.3, -0.25) is 4.79 Å². The lowest BCUT2D eigenvalue weighted by Crippen LogP contribution is -2.39. The van der Waals surface area contributed by atoms with Crippen LogP contribution in [0.2, 0.25) is 0 Å². The van der Waals surface area contributed by atoms with Crippen LogP contribution in [0.5, 0.6) is 0 Å². The van der Waals surface area contributed by atoms with E-state index >= 15 is 0 Å². The van der Waals surface area contributed by atoms with Crippen molar-refractivity contribution in [2.45, 2.75) is 26.4 Å². The maximum atomic E-state index is 12.3. The number of hydrogen-bond donors (Lipinski definition) is 0. The normalized spacial score (nSPS) is 18.5. The molecular formula is C15H17N3OS. The van der Waals surface area contributed by atoms with Gasteiger partial charge in [-0.15, -0.1) is 11.3 Å². The summed E-state index contributed by atoms with van der Waals surface area (Å²) in [5, 5.41) is 2.98. The molecule has 1 unspecified atom stereocenters. The molecule has 20 heavy (non-hydrogen) atoms. The van der Waals surface area contributed by atoms with Gasteiger partial charge >= 0.3 is 0 Å². The lowest BCUT2D eigenvalue weighted by molar-refractivity contribution is -0.129. The molecule has 0 fully saturated rings. The Hall–Kier alpha value is -1.88. The van der Waals surface area contributed by atoms with Crippen LogP contribution in [0.4, 0.5) is 0 Å². The average Bonchev–Trinajstić information content (AvgIpc) is 3.05. The van der Waals surface area contributed by atoms with Gasteiger partial charge in [0.2, 0.25) is 5.91 Å². The van der Waals surface area contributed by atoms with Crippen LogP contribution in [-0.2, 0) is 11.3 Å². The highest BCUT2D eigenvalue weighted by Gasteiger charge is 2.25. The van der Waals surface area contributed by atoms with E-state index in [9.17, 15) is 4.79 Å². The fourth-order valence-electron chi connectivity index (χ4n) is 2.59. The first kappa shape index (κ1) is 13.1. The Morgan fingerprint density at radius 2 is 2.35 bits per heavy atom. The molecule has 3 rings (SSSR count). The number of amides is 1. The summed E-state index contributed by atoms with van der Waals surface area (Å²) in [5.41, 5.74) is 2.05. The third kappa shape index (κ3) is 2.41. The Morgan fingerprint density at radius 1 is 1.50 bits per heavy atom. The van der Waals surface area contributed by atoms with Crippen molar-refractivity contribution in [2.24, 2.45) is 0 Å². The van der Waals surface area contributed by atoms with E-state index in [4.69, 9.17) is 0 Å². The molecule has 1 aliphatic rings. The zero-order valence-corrected chi connectivity index (χ0v) is 12.4. The minimum atomic E-state index is 0.0515. The van der Waals surface area contributed by atoms with Gasteiger partial charge < -0.3 is 9.47 Å². The molecule has 0 bridgehead atoms. The van der Waals surface area contributed by atoms with Crippen LogP contribution >= 0.6 is 11.3 Å². The van der Waals surface area contributed by atoms with Crippen LogP contribution in [-0.4, -0.2) is 26.9 Å². The molecule has 0 aromatic carbocycles. The Bertz CT molecular complexity index is 656. The summed E-state index contributed by atoms with van der Waals surface area (Å²) in [5.74, 6) is 0.0515. The van der Waals surface area contributed by atoms with E-state index in [-0.39, 0.29) is 11.9 Å². The Balaban J connectivity index is 1.74. The summed E-state index contributed by atoms with van der Waals surface area (Å²) in [6.45, 7) is 5.65. The second-order valence-electron chi connectivity index (χ2n) is 4.96. The fourth-order valence-corrected chi connectivity index (χ4v) is 3.17. The Labute approximate surface area is 122 Å². The maximum absolute atomic E-state index is 12.3. The molecule has 104 valence electrons. The van der Waals surface area contributed by atoms with E-state index in [0.29, 0.717) is 0 Å². The van der Waals surface area contributed by atoms with Crippen LogP contribution in [0.15, 0.2) is 29.8 Å². The van der Waals surface area contributed by atoms with E-state index in [0.717, 1.165) is 23.8 Å². The van der Waals surface area contributed by atoms with Gasteiger partial charge in [-0.2, -0.15) is 0 Å². The number of fused-ring (bicyclic) bond motifs is 1. The van der Waals surface area contributed by atoms with E-state index in [1.165, 1.54) is 5.69 Å². The van der Waals surface area contributed by atoms with Crippen molar-refractivity contribution in [1.82, 2.24) is 14.5 Å². The molecule has 4 nitrogen and oxygen atoms in total. The van der Waals surface area contributed by atoms with E-state index in [1.807, 2.05) is 23.3 Å². The van der Waals surface area contributed by atoms with Gasteiger partial charge in [-0.1, -0.05) is 0 Å². The second kappa shape index (κ2) is 5.25. The average molecular weight is 287 g/mol. The van der Waals surface area contributed by atoms with Crippen LogP contribution in [0.25, 0.3) is 6.08 Å². The molecule has 0 saturated carbocycles. The second-order valence-corrected chi connectivity index (χ2v) is 6.02. The summed E-state index contributed by atoms with van der Waals surface area (Å²) in [6, 6.07) is 4.23. The van der Waals surface area contributed by atoms with Crippen LogP contribution in [0.3, 0.4) is 0 Å². The molecule has 1 amide bonds. The first-order chi connectivity index (χ1) is 9.65. The third-order valence-electron chi connectivity index (χ3n) is 3.66. The molecule has 3 heterocycles. The molecule has 0 spiro atoms. The molecule has 0 aliphatic carbocycles. The number of rotatable bonds is 2. The van der Waals surface area contributed by atoms with Crippen molar-refractivity contribution in [1.29, 1.82) is 0 Å². The number of aryl methyl sites for hydroxylation is 1. The molecule has 0 N–H and O–H groups in total. The fraction of sp³-hybridized carbons (Fsp3) is 0.333. The molecule has 2 aromatic rings. The molecule has 0 radical (unpaired) electrons. The van der Waals surface area contributed by atoms with Gasteiger partial charge in [-0.05, 0) is 32.1 Å². The van der Waals surface area contributed by atoms with Gasteiger partial charge in [0, 0.05) is 36.4 Å². The predicted molar refractivity (Wildman–Crippen MR) is 80.4 cm³/mol. The summed E-state index contributed by atoms with van der Waals surface area (Å²) >= 11 is 1.59. The SMILES string of the molecule is Cc1nc(C=CC(=O)N2CCn3cccc3C2C)cs1. The lowest BCUT2D eigenvalue weighted by Gasteiger charge is -2.34. The highest BCUT2D eigenvalue weighted by Crippen LogP contribution is 2.25. The smallest absolute Gasteiger partial charge is 0.247 e. The highest BCUT2D eigenvalue weighted by atomic mass is 32.1. The third-order valence-corrected chi connectivity index (χ3v) is 4.45. The van der Waals surface area contributed by atoms with Gasteiger partial charge in [-0.25, -0.2) is 4.98 Å². The van der Waals surface area contributed by atoms with Crippen molar-refractivity contribution in [3.63, 3.8) is 0 Å². The van der Waals surface area contributed by atoms with Crippen molar-refractivity contribution in [2.75, 3.05) is 6.54 Å². The summed E-state index contributed by atoms with van der Waals surface area (Å²) < 4.78 is 2.21. The maximum Gasteiger partial charge on any atom is 0.247 e. The van der Waals surface area contributed by atoms with Crippen molar-refractivity contribution in [3.05, 3.63) is 46.2 Å². The number of carbonyl (C=O) groups excluding carboxylic acids is 1. The van der Waals surface area contributed by atoms with Gasteiger partial charge in [0.25, 0.3) is 0 Å². The lowest BCUT2D eigenvalue weighted by atomic mass is 10.1. The largest absolute Gasteiger partial charge is 0.348 e. The number of carbonyl (C=O) groups is 1. The van der Waals surface area contributed by atoms with Crippen LogP contribution in [0.1, 0.15) is 29.4 Å². The zero-order chi connectivity index (χ0) is 14.1. The summed E-state index contributed by atoms with van der Waals surface area (Å²) in [7, 11) is 0. The van der Waals surface area contributed by atoms with Crippen LogP contribution in [0, 0.1) is 6.92 Å². The van der Waals surface area contributed by atoms with Gasteiger partial charge in [0.15, 0.2) is 0 Å². The molecular weight excluding hydrogens is 270 g/mol. The van der Waals surface area contributed by atoms with E-state index in [1.54, 1.807) is 23.5 Å². The van der Waals surface area contributed by atoms with Crippen LogP contribution < -0.4 is 0 Å². The van der Waals surface area contributed by atoms with Crippen molar-refractivity contribution in [3.8, 4) is 0 Å². The predicted octanol–water partition coefficient (Wildman–Crippen LogP) is 2.87. The number of nitrogens with zero attached hydrogens (tertiary/aromatic N) is 3. The Kier molecular flexibility index (Phi) is 3.44. The molecule has 1 atom stereocenters. The molecule has 0 saturated heterocycles. The standard InChI is InChI=1S/C15H17N3OS/c1-11-14-4-3-7-17(14)8-9-18(11)15(19)6-5-13-10-20-12(2)16-13/h3-7,10-11H,8-9H2,1-2H3. The van der Waals surface area contributed by atoms with Crippen molar-refractivity contribution < 1.29 is 4.79 Å². The zero-order valence-electron chi connectivity index (χ0n) is 11.6. The monoisotopic (exact) mass is 287 g/mol. The molecule has 1 aliphatic heterocycles. The highest BCUT2D eigenvalue weighted by molar-refractivity contribution is 7.09. The number of hydrogen-bond acceptors (Lipinski definition) is 3. The number of thiazole rings is 1. The summed E-state index contributed by atoms with van der Waals surface area (Å²) in [6.07, 6.45) is 5.50.